The number of nitrogens with one attached hydrogen (secondary N) is 1. The third-order valence-corrected chi connectivity index (χ3v) is 2.81. The molecule has 5 nitrogen and oxygen atoms in total. The van der Waals surface area contributed by atoms with E-state index in [0.29, 0.717) is 5.82 Å². The maximum absolute atomic E-state index is 4.51. The van der Waals surface area contributed by atoms with E-state index in [2.05, 4.69) is 39.1 Å². The van der Waals surface area contributed by atoms with E-state index < -0.39 is 0 Å². The van der Waals surface area contributed by atoms with E-state index in [1.807, 2.05) is 19.2 Å². The zero-order valence-corrected chi connectivity index (χ0v) is 10.9. The largest absolute Gasteiger partial charge is 0.310 e. The second-order valence-corrected chi connectivity index (χ2v) is 4.11. The van der Waals surface area contributed by atoms with Gasteiger partial charge in [-0.25, -0.2) is 19.9 Å². The van der Waals surface area contributed by atoms with Crippen LogP contribution in [0.3, 0.4) is 0 Å². The van der Waals surface area contributed by atoms with Gasteiger partial charge in [0.05, 0.1) is 0 Å². The Balaban J connectivity index is 2.31. The van der Waals surface area contributed by atoms with Gasteiger partial charge in [0.2, 0.25) is 0 Å². The van der Waals surface area contributed by atoms with Gasteiger partial charge >= 0.3 is 0 Å². The zero-order valence-electron chi connectivity index (χ0n) is 10.9. The van der Waals surface area contributed by atoms with Crippen LogP contribution in [0.5, 0.6) is 0 Å². The lowest BCUT2D eigenvalue weighted by atomic mass is 10.1. The summed E-state index contributed by atoms with van der Waals surface area (Å²) in [4.78, 5) is 16.9. The molecule has 1 N–H and O–H groups in total. The van der Waals surface area contributed by atoms with Gasteiger partial charge in [-0.1, -0.05) is 6.92 Å². The molecule has 0 saturated carbocycles. The first-order chi connectivity index (χ1) is 8.72. The van der Waals surface area contributed by atoms with Crippen molar-refractivity contribution in [2.75, 3.05) is 6.54 Å². The van der Waals surface area contributed by atoms with Crippen LogP contribution in [0.4, 0.5) is 0 Å². The summed E-state index contributed by atoms with van der Waals surface area (Å²) in [5.41, 5.74) is 2.84. The lowest BCUT2D eigenvalue weighted by molar-refractivity contribution is 0.590. The Morgan fingerprint density at radius 3 is 2.78 bits per heavy atom. The lowest BCUT2D eigenvalue weighted by Crippen LogP contribution is -2.19. The smallest absolute Gasteiger partial charge is 0.178 e. The highest BCUT2D eigenvalue weighted by molar-refractivity contribution is 5.48. The van der Waals surface area contributed by atoms with E-state index in [9.17, 15) is 0 Å². The van der Waals surface area contributed by atoms with Crippen LogP contribution in [0.25, 0.3) is 11.5 Å². The van der Waals surface area contributed by atoms with Crippen molar-refractivity contribution in [2.45, 2.75) is 26.8 Å². The van der Waals surface area contributed by atoms with Gasteiger partial charge in [-0.3, -0.25) is 0 Å². The minimum absolute atomic E-state index is 0.259. The average Bonchev–Trinajstić information content (AvgIpc) is 2.40. The van der Waals surface area contributed by atoms with Gasteiger partial charge in [0.15, 0.2) is 5.82 Å². The highest BCUT2D eigenvalue weighted by Gasteiger charge is 2.11. The van der Waals surface area contributed by atoms with Crippen molar-refractivity contribution in [3.63, 3.8) is 0 Å². The van der Waals surface area contributed by atoms with Gasteiger partial charge in [0.1, 0.15) is 12.0 Å². The molecule has 94 valence electrons. The molecule has 0 fully saturated rings. The van der Waals surface area contributed by atoms with Crippen LogP contribution in [0.2, 0.25) is 0 Å². The first-order valence-electron chi connectivity index (χ1n) is 6.05. The summed E-state index contributed by atoms with van der Waals surface area (Å²) in [6, 6.07) is 2.07. The molecule has 5 heteroatoms. The molecule has 18 heavy (non-hydrogen) atoms. The fourth-order valence-electron chi connectivity index (χ4n) is 1.86. The molecule has 0 spiro atoms. The Morgan fingerprint density at radius 1 is 1.33 bits per heavy atom. The van der Waals surface area contributed by atoms with Gasteiger partial charge in [-0.05, 0) is 26.5 Å². The standard InChI is InChI=1S/C13H17N5/c1-4-15-9(2)11-7-16-13(18-10(11)3)12-5-6-14-8-17-12/h5-9,15H,4H2,1-3H3. The van der Waals surface area contributed by atoms with Crippen LogP contribution >= 0.6 is 0 Å². The Morgan fingerprint density at radius 2 is 2.17 bits per heavy atom. The van der Waals surface area contributed by atoms with Crippen LogP contribution in [0.1, 0.15) is 31.1 Å². The van der Waals surface area contributed by atoms with Gasteiger partial charge in [-0.15, -0.1) is 0 Å². The maximum atomic E-state index is 4.51. The Labute approximate surface area is 107 Å². The molecule has 0 aliphatic rings. The number of nitrogens with zero attached hydrogens (tertiary/aromatic N) is 4. The fourth-order valence-corrected chi connectivity index (χ4v) is 1.86. The van der Waals surface area contributed by atoms with E-state index in [1.54, 1.807) is 6.20 Å². The molecular weight excluding hydrogens is 226 g/mol. The molecule has 0 radical (unpaired) electrons. The lowest BCUT2D eigenvalue weighted by Gasteiger charge is -2.14. The molecule has 2 aromatic heterocycles. The highest BCUT2D eigenvalue weighted by atomic mass is 15.0. The fraction of sp³-hybridized carbons (Fsp3) is 0.385. The minimum Gasteiger partial charge on any atom is -0.310 e. The predicted octanol–water partition coefficient (Wildman–Crippen LogP) is 1.91. The van der Waals surface area contributed by atoms with Crippen molar-refractivity contribution in [1.29, 1.82) is 0 Å². The van der Waals surface area contributed by atoms with Gasteiger partial charge in [-0.2, -0.15) is 0 Å². The summed E-state index contributed by atoms with van der Waals surface area (Å²) in [5, 5.41) is 3.36. The number of rotatable bonds is 4. The quantitative estimate of drug-likeness (QED) is 0.888. The first kappa shape index (κ1) is 12.6. The second-order valence-electron chi connectivity index (χ2n) is 4.11. The van der Waals surface area contributed by atoms with E-state index in [-0.39, 0.29) is 6.04 Å². The summed E-state index contributed by atoms with van der Waals surface area (Å²) in [5.74, 6) is 0.641. The van der Waals surface area contributed by atoms with Gasteiger partial charge in [0, 0.05) is 29.7 Å². The molecule has 0 aliphatic heterocycles. The van der Waals surface area contributed by atoms with Gasteiger partial charge < -0.3 is 5.32 Å². The molecule has 0 aromatic carbocycles. The normalized spacial score (nSPS) is 12.4. The van der Waals surface area contributed by atoms with Crippen molar-refractivity contribution in [3.05, 3.63) is 36.0 Å². The summed E-state index contributed by atoms with van der Waals surface area (Å²) < 4.78 is 0. The van der Waals surface area contributed by atoms with Crippen molar-refractivity contribution in [1.82, 2.24) is 25.3 Å². The zero-order chi connectivity index (χ0) is 13.0. The first-order valence-corrected chi connectivity index (χ1v) is 6.05. The van der Waals surface area contributed by atoms with Crippen molar-refractivity contribution in [2.24, 2.45) is 0 Å². The van der Waals surface area contributed by atoms with Crippen LogP contribution < -0.4 is 5.32 Å². The van der Waals surface area contributed by atoms with Crippen LogP contribution in [-0.2, 0) is 0 Å². The summed E-state index contributed by atoms with van der Waals surface area (Å²) in [6.45, 7) is 7.12. The third kappa shape index (κ3) is 2.68. The average molecular weight is 243 g/mol. The minimum atomic E-state index is 0.259. The topological polar surface area (TPSA) is 63.6 Å². The Bertz CT molecular complexity index is 512. The Kier molecular flexibility index (Phi) is 3.94. The van der Waals surface area contributed by atoms with Crippen molar-refractivity contribution in [3.8, 4) is 11.5 Å². The van der Waals surface area contributed by atoms with E-state index in [1.165, 1.54) is 6.33 Å². The molecule has 2 heterocycles. The summed E-state index contributed by atoms with van der Waals surface area (Å²) in [6.07, 6.45) is 5.06. The van der Waals surface area contributed by atoms with Gasteiger partial charge in [0.25, 0.3) is 0 Å². The SMILES string of the molecule is CCNC(C)c1cnc(-c2ccncn2)nc1C. The summed E-state index contributed by atoms with van der Waals surface area (Å²) >= 11 is 0. The third-order valence-electron chi connectivity index (χ3n) is 2.81. The van der Waals surface area contributed by atoms with Crippen molar-refractivity contribution < 1.29 is 0 Å². The van der Waals surface area contributed by atoms with E-state index >= 15 is 0 Å². The van der Waals surface area contributed by atoms with E-state index in [0.717, 1.165) is 23.5 Å². The number of hydrogen-bond donors (Lipinski definition) is 1. The maximum Gasteiger partial charge on any atom is 0.178 e. The van der Waals surface area contributed by atoms with Crippen LogP contribution in [0, 0.1) is 6.92 Å². The van der Waals surface area contributed by atoms with Crippen LogP contribution in [0.15, 0.2) is 24.8 Å². The molecule has 0 aliphatic carbocycles. The van der Waals surface area contributed by atoms with E-state index in [4.69, 9.17) is 0 Å². The number of aryl methyl sites for hydroxylation is 1. The van der Waals surface area contributed by atoms with Crippen molar-refractivity contribution >= 4 is 0 Å². The molecule has 1 atom stereocenters. The number of aromatic nitrogens is 4. The Hall–Kier alpha value is -1.88. The predicted molar refractivity (Wildman–Crippen MR) is 69.9 cm³/mol. The number of hydrogen-bond acceptors (Lipinski definition) is 5. The molecule has 2 aromatic rings. The second kappa shape index (κ2) is 5.64. The molecular formula is C13H17N5. The monoisotopic (exact) mass is 243 g/mol. The molecule has 0 bridgehead atoms. The van der Waals surface area contributed by atoms with Crippen LogP contribution in [-0.4, -0.2) is 26.5 Å². The molecule has 0 amide bonds. The highest BCUT2D eigenvalue weighted by Crippen LogP contribution is 2.17. The molecule has 0 saturated heterocycles. The molecule has 1 unspecified atom stereocenters. The summed E-state index contributed by atoms with van der Waals surface area (Å²) in [7, 11) is 0. The molecule has 2 rings (SSSR count).